The van der Waals surface area contributed by atoms with E-state index in [4.69, 9.17) is 5.73 Å². The van der Waals surface area contributed by atoms with Gasteiger partial charge < -0.3 is 11.1 Å². The van der Waals surface area contributed by atoms with Crippen LogP contribution in [0.2, 0.25) is 0 Å². The van der Waals surface area contributed by atoms with Crippen molar-refractivity contribution in [3.63, 3.8) is 0 Å². The summed E-state index contributed by atoms with van der Waals surface area (Å²) in [5.41, 5.74) is 5.34. The van der Waals surface area contributed by atoms with Gasteiger partial charge in [-0.3, -0.25) is 14.9 Å². The van der Waals surface area contributed by atoms with Crippen molar-refractivity contribution >= 4 is 33.4 Å². The van der Waals surface area contributed by atoms with Crippen LogP contribution in [0.5, 0.6) is 0 Å². The molecule has 1 unspecified atom stereocenters. The van der Waals surface area contributed by atoms with Crippen molar-refractivity contribution in [2.24, 2.45) is 5.73 Å². The highest BCUT2D eigenvalue weighted by Gasteiger charge is 2.29. The lowest BCUT2D eigenvalue weighted by atomic mass is 10.2. The van der Waals surface area contributed by atoms with Gasteiger partial charge in [-0.2, -0.15) is 0 Å². The Morgan fingerprint density at radius 2 is 2.13 bits per heavy atom. The van der Waals surface area contributed by atoms with Gasteiger partial charge in [0.2, 0.25) is 11.8 Å². The van der Waals surface area contributed by atoms with Gasteiger partial charge in [0.1, 0.15) is 0 Å². The summed E-state index contributed by atoms with van der Waals surface area (Å²) in [6.07, 6.45) is 0.263. The van der Waals surface area contributed by atoms with E-state index in [1.807, 2.05) is 0 Å². The number of nitrogens with one attached hydrogen (secondary N) is 2. The average molecular weight is 249 g/mol. The molecule has 4 N–H and O–H groups in total. The lowest BCUT2D eigenvalue weighted by Crippen LogP contribution is -2.37. The van der Waals surface area contributed by atoms with Crippen molar-refractivity contribution in [1.82, 2.24) is 10.6 Å². The van der Waals surface area contributed by atoms with Crippen LogP contribution in [-0.4, -0.2) is 42.5 Å². The lowest BCUT2D eigenvalue weighted by molar-refractivity contribution is -0.125. The third-order valence-corrected chi connectivity index (χ3v) is 4.27. The minimum Gasteiger partial charge on any atom is -0.330 e. The van der Waals surface area contributed by atoms with Crippen molar-refractivity contribution in [3.05, 3.63) is 0 Å². The molecule has 1 fully saturated rings. The van der Waals surface area contributed by atoms with Crippen LogP contribution in [0.25, 0.3) is 0 Å². The van der Waals surface area contributed by atoms with Gasteiger partial charge in [0, 0.05) is 24.6 Å². The largest absolute Gasteiger partial charge is 0.330 e. The maximum atomic E-state index is 11.1. The van der Waals surface area contributed by atoms with Gasteiger partial charge in [-0.1, -0.05) is 21.6 Å². The highest BCUT2D eigenvalue weighted by Crippen LogP contribution is 2.19. The fraction of sp³-hybridized carbons (Fsp3) is 0.750. The van der Waals surface area contributed by atoms with Crippen LogP contribution in [0, 0.1) is 0 Å². The molecule has 0 aromatic carbocycles. The van der Waals surface area contributed by atoms with Gasteiger partial charge in [0.25, 0.3) is 0 Å². The number of carbonyl (C=O) groups is 2. The Kier molecular flexibility index (Phi) is 6.07. The van der Waals surface area contributed by atoms with Crippen molar-refractivity contribution in [1.29, 1.82) is 0 Å². The summed E-state index contributed by atoms with van der Waals surface area (Å²) in [6, 6.07) is -0.336. The van der Waals surface area contributed by atoms with E-state index in [-0.39, 0.29) is 24.3 Å². The SMILES string of the molecule is NCCSSCCNC1CC(=O)NC1=O. The number of hydrogen-bond donors (Lipinski definition) is 3. The Morgan fingerprint density at radius 3 is 2.73 bits per heavy atom. The number of rotatable bonds is 7. The lowest BCUT2D eigenvalue weighted by Gasteiger charge is -2.07. The maximum absolute atomic E-state index is 11.1. The van der Waals surface area contributed by atoms with Crippen molar-refractivity contribution < 1.29 is 9.59 Å². The Labute approximate surface area is 96.7 Å². The van der Waals surface area contributed by atoms with E-state index in [1.54, 1.807) is 21.6 Å². The van der Waals surface area contributed by atoms with E-state index in [1.165, 1.54) is 0 Å². The second kappa shape index (κ2) is 7.10. The van der Waals surface area contributed by atoms with E-state index in [0.717, 1.165) is 18.1 Å². The summed E-state index contributed by atoms with van der Waals surface area (Å²) in [5.74, 6) is 1.44. The van der Waals surface area contributed by atoms with Crippen LogP contribution >= 0.6 is 21.6 Å². The zero-order valence-corrected chi connectivity index (χ0v) is 9.96. The molecule has 0 radical (unpaired) electrons. The Balaban J connectivity index is 2.00. The summed E-state index contributed by atoms with van der Waals surface area (Å²) in [4.78, 5) is 22.0. The number of amides is 2. The summed E-state index contributed by atoms with van der Waals surface area (Å²) in [5, 5.41) is 5.30. The predicted octanol–water partition coefficient (Wildman–Crippen LogP) is -0.669. The molecule has 7 heteroatoms. The Hall–Kier alpha value is -0.240. The Bertz CT molecular complexity index is 238. The molecule has 2 amide bonds. The molecular weight excluding hydrogens is 234 g/mol. The molecule has 86 valence electrons. The fourth-order valence-corrected chi connectivity index (χ4v) is 2.94. The van der Waals surface area contributed by atoms with E-state index in [0.29, 0.717) is 6.54 Å². The van der Waals surface area contributed by atoms with Gasteiger partial charge in [0.15, 0.2) is 0 Å². The van der Waals surface area contributed by atoms with E-state index in [2.05, 4.69) is 10.6 Å². The molecule has 1 heterocycles. The molecule has 0 saturated carbocycles. The second-order valence-corrected chi connectivity index (χ2v) is 5.76. The number of nitrogens with two attached hydrogens (primary N) is 1. The van der Waals surface area contributed by atoms with E-state index in [9.17, 15) is 9.59 Å². The molecule has 0 aromatic heterocycles. The molecule has 1 saturated heterocycles. The maximum Gasteiger partial charge on any atom is 0.244 e. The monoisotopic (exact) mass is 249 g/mol. The topological polar surface area (TPSA) is 84.2 Å². The first-order valence-electron chi connectivity index (χ1n) is 4.75. The summed E-state index contributed by atoms with van der Waals surface area (Å²) < 4.78 is 0. The van der Waals surface area contributed by atoms with Crippen molar-refractivity contribution in [2.75, 3.05) is 24.6 Å². The van der Waals surface area contributed by atoms with Gasteiger partial charge in [0.05, 0.1) is 12.5 Å². The van der Waals surface area contributed by atoms with Gasteiger partial charge in [-0.25, -0.2) is 0 Å². The highest BCUT2D eigenvalue weighted by atomic mass is 33.1. The van der Waals surface area contributed by atoms with Gasteiger partial charge in [-0.05, 0) is 0 Å². The van der Waals surface area contributed by atoms with Crippen LogP contribution in [0.4, 0.5) is 0 Å². The van der Waals surface area contributed by atoms with Crippen LogP contribution < -0.4 is 16.4 Å². The minimum absolute atomic E-state index is 0.192. The van der Waals surface area contributed by atoms with Crippen molar-refractivity contribution in [3.8, 4) is 0 Å². The molecule has 1 atom stereocenters. The van der Waals surface area contributed by atoms with E-state index >= 15 is 0 Å². The number of hydrogen-bond acceptors (Lipinski definition) is 6. The zero-order chi connectivity index (χ0) is 11.1. The quantitative estimate of drug-likeness (QED) is 0.315. The third kappa shape index (κ3) is 4.87. The molecule has 0 aromatic rings. The molecule has 0 spiro atoms. The minimum atomic E-state index is -0.336. The van der Waals surface area contributed by atoms with Crippen LogP contribution in [0.15, 0.2) is 0 Å². The first kappa shape index (κ1) is 12.8. The third-order valence-electron chi connectivity index (χ3n) is 1.83. The average Bonchev–Trinajstić information content (AvgIpc) is 2.51. The van der Waals surface area contributed by atoms with E-state index < -0.39 is 0 Å². The zero-order valence-electron chi connectivity index (χ0n) is 8.32. The normalized spacial score (nSPS) is 20.7. The Morgan fingerprint density at radius 1 is 1.40 bits per heavy atom. The first-order valence-corrected chi connectivity index (χ1v) is 7.24. The smallest absolute Gasteiger partial charge is 0.244 e. The molecule has 1 rings (SSSR count). The molecular formula is C8H15N3O2S2. The van der Waals surface area contributed by atoms with Crippen LogP contribution in [0.3, 0.4) is 0 Å². The molecule has 5 nitrogen and oxygen atoms in total. The highest BCUT2D eigenvalue weighted by molar-refractivity contribution is 8.76. The number of imide groups is 1. The molecule has 1 aliphatic rings. The fourth-order valence-electron chi connectivity index (χ4n) is 1.16. The molecule has 15 heavy (non-hydrogen) atoms. The van der Waals surface area contributed by atoms with Gasteiger partial charge in [-0.15, -0.1) is 0 Å². The second-order valence-electron chi connectivity index (χ2n) is 3.06. The first-order chi connectivity index (χ1) is 7.24. The van der Waals surface area contributed by atoms with Gasteiger partial charge >= 0.3 is 0 Å². The predicted molar refractivity (Wildman–Crippen MR) is 63.5 cm³/mol. The summed E-state index contributed by atoms with van der Waals surface area (Å²) in [7, 11) is 3.44. The summed E-state index contributed by atoms with van der Waals surface area (Å²) >= 11 is 0. The molecule has 0 bridgehead atoms. The van der Waals surface area contributed by atoms with Crippen molar-refractivity contribution in [2.45, 2.75) is 12.5 Å². The molecule has 0 aliphatic carbocycles. The number of carbonyl (C=O) groups excluding carboxylic acids is 2. The van der Waals surface area contributed by atoms with Crippen LogP contribution in [0.1, 0.15) is 6.42 Å². The van der Waals surface area contributed by atoms with Crippen LogP contribution in [-0.2, 0) is 9.59 Å². The standard InChI is InChI=1S/C8H15N3O2S2/c9-1-3-14-15-4-2-10-6-5-7(12)11-8(6)13/h6,10H,1-5,9H2,(H,11,12,13). The molecule has 1 aliphatic heterocycles. The summed E-state index contributed by atoms with van der Waals surface area (Å²) in [6.45, 7) is 1.41.